The molecule has 0 amide bonds. The molecule has 168 valence electrons. The summed E-state index contributed by atoms with van der Waals surface area (Å²) in [4.78, 5) is 8.32. The summed E-state index contributed by atoms with van der Waals surface area (Å²) in [5.74, 6) is 1.29. The lowest BCUT2D eigenvalue weighted by Crippen LogP contribution is -2.24. The Balaban J connectivity index is 1.54. The van der Waals surface area contributed by atoms with Crippen LogP contribution in [0.1, 0.15) is 16.7 Å². The Morgan fingerprint density at radius 3 is 2.48 bits per heavy atom. The number of thiocarbonyl (C=S) groups is 1. The van der Waals surface area contributed by atoms with Crippen LogP contribution in [0.15, 0.2) is 81.8 Å². The molecular formula is C24H24N6O2S. The first kappa shape index (κ1) is 23.4. The number of ether oxygens (including phenoxy) is 1. The Kier molecular flexibility index (Phi) is 8.09. The molecule has 5 N–H and O–H groups in total. The number of nitrogens with one attached hydrogen (secondary N) is 2. The predicted octanol–water partition coefficient (Wildman–Crippen LogP) is 4.10. The lowest BCUT2D eigenvalue weighted by Gasteiger charge is -2.12. The lowest BCUT2D eigenvalue weighted by atomic mass is 10.1. The minimum atomic E-state index is 0.181. The average Bonchev–Trinajstić information content (AvgIpc) is 2.82. The van der Waals surface area contributed by atoms with Crippen LogP contribution in [-0.2, 0) is 0 Å². The monoisotopic (exact) mass is 460 g/mol. The van der Waals surface area contributed by atoms with Crippen molar-refractivity contribution in [2.75, 3.05) is 12.4 Å². The quantitative estimate of drug-likeness (QED) is 0.183. The molecule has 33 heavy (non-hydrogen) atoms. The number of rotatable bonds is 7. The second-order valence-corrected chi connectivity index (χ2v) is 7.26. The zero-order chi connectivity index (χ0) is 23.6. The van der Waals surface area contributed by atoms with Crippen LogP contribution >= 0.6 is 12.2 Å². The van der Waals surface area contributed by atoms with Crippen molar-refractivity contribution in [3.05, 3.63) is 83.4 Å². The molecule has 0 atom stereocenters. The van der Waals surface area contributed by atoms with E-state index in [0.717, 1.165) is 28.1 Å². The first-order chi connectivity index (χ1) is 16.0. The first-order valence-corrected chi connectivity index (χ1v) is 10.4. The molecule has 0 saturated heterocycles. The molecule has 0 aliphatic heterocycles. The number of methoxy groups -OCH3 is 1. The predicted molar refractivity (Wildman–Crippen MR) is 138 cm³/mol. The lowest BCUT2D eigenvalue weighted by molar-refractivity contribution is 0.412. The highest BCUT2D eigenvalue weighted by Crippen LogP contribution is 2.24. The van der Waals surface area contributed by atoms with Crippen LogP contribution in [0.5, 0.6) is 11.5 Å². The number of aliphatic imine (C=N–C) groups is 2. The van der Waals surface area contributed by atoms with Gasteiger partial charge in [-0.2, -0.15) is 5.10 Å². The molecule has 0 radical (unpaired) electrons. The van der Waals surface area contributed by atoms with Gasteiger partial charge in [0.25, 0.3) is 0 Å². The van der Waals surface area contributed by atoms with Crippen LogP contribution in [0.25, 0.3) is 0 Å². The minimum Gasteiger partial charge on any atom is -0.508 e. The van der Waals surface area contributed by atoms with Gasteiger partial charge >= 0.3 is 0 Å². The van der Waals surface area contributed by atoms with Gasteiger partial charge in [0.2, 0.25) is 0 Å². The van der Waals surface area contributed by atoms with Gasteiger partial charge in [-0.3, -0.25) is 5.43 Å². The number of anilines is 1. The molecule has 0 aliphatic carbocycles. The van der Waals surface area contributed by atoms with Crippen molar-refractivity contribution in [3.8, 4) is 11.5 Å². The molecule has 3 aromatic rings. The van der Waals surface area contributed by atoms with E-state index in [1.54, 1.807) is 37.6 Å². The molecule has 0 aromatic heterocycles. The highest BCUT2D eigenvalue weighted by atomic mass is 32.1. The van der Waals surface area contributed by atoms with Gasteiger partial charge in [-0.25, -0.2) is 9.98 Å². The third-order valence-corrected chi connectivity index (χ3v) is 4.79. The summed E-state index contributed by atoms with van der Waals surface area (Å²) in [6.45, 7) is 1.95. The minimum absolute atomic E-state index is 0.181. The third-order valence-electron chi connectivity index (χ3n) is 4.59. The van der Waals surface area contributed by atoms with Crippen molar-refractivity contribution < 1.29 is 9.84 Å². The number of hydrogen-bond acceptors (Lipinski definition) is 5. The Hall–Kier alpha value is -4.24. The molecule has 0 saturated carbocycles. The van der Waals surface area contributed by atoms with Crippen molar-refractivity contribution in [1.82, 2.24) is 5.43 Å². The number of phenols is 1. The molecule has 0 unspecified atom stereocenters. The van der Waals surface area contributed by atoms with Crippen LogP contribution in [0.3, 0.4) is 0 Å². The van der Waals surface area contributed by atoms with Gasteiger partial charge in [-0.1, -0.05) is 30.3 Å². The maximum Gasteiger partial charge on any atom is 0.191 e. The standard InChI is InChI=1S/C24H24N6O2S/c1-16-21(4-3-5-22(16)32-2)29-24(33)30-28-14-17-6-8-18(9-7-17)23(25)27-15-26-19-10-12-20(31)13-11-19/h3-15,31H,1-2H3,(H2,25,26,27)(H2,29,30,33)/b28-14+. The first-order valence-electron chi connectivity index (χ1n) is 9.95. The zero-order valence-electron chi connectivity index (χ0n) is 18.2. The summed E-state index contributed by atoms with van der Waals surface area (Å²) in [5.41, 5.74) is 12.9. The highest BCUT2D eigenvalue weighted by molar-refractivity contribution is 7.80. The summed E-state index contributed by atoms with van der Waals surface area (Å²) in [6.07, 6.45) is 3.02. The van der Waals surface area contributed by atoms with Crippen molar-refractivity contribution in [2.24, 2.45) is 20.8 Å². The molecule has 8 nitrogen and oxygen atoms in total. The number of hydrazone groups is 1. The molecule has 0 bridgehead atoms. The molecular weight excluding hydrogens is 436 g/mol. The molecule has 3 rings (SSSR count). The van der Waals surface area contributed by atoms with Gasteiger partial charge in [-0.15, -0.1) is 0 Å². The summed E-state index contributed by atoms with van der Waals surface area (Å²) >= 11 is 5.29. The average molecular weight is 461 g/mol. The number of nitrogens with two attached hydrogens (primary N) is 1. The van der Waals surface area contributed by atoms with E-state index in [1.165, 1.54) is 6.34 Å². The second-order valence-electron chi connectivity index (χ2n) is 6.85. The van der Waals surface area contributed by atoms with Crippen LogP contribution in [-0.4, -0.2) is 35.7 Å². The Bertz CT molecular complexity index is 1190. The van der Waals surface area contributed by atoms with Crippen molar-refractivity contribution in [3.63, 3.8) is 0 Å². The van der Waals surface area contributed by atoms with E-state index in [4.69, 9.17) is 22.7 Å². The van der Waals surface area contributed by atoms with Gasteiger partial charge in [0.1, 0.15) is 23.7 Å². The zero-order valence-corrected chi connectivity index (χ0v) is 19.0. The summed E-state index contributed by atoms with van der Waals surface area (Å²) in [5, 5.41) is 16.9. The molecule has 0 fully saturated rings. The van der Waals surface area contributed by atoms with Crippen molar-refractivity contribution in [2.45, 2.75) is 6.92 Å². The van der Waals surface area contributed by atoms with Crippen molar-refractivity contribution >= 4 is 47.1 Å². The van der Waals surface area contributed by atoms with E-state index in [-0.39, 0.29) is 5.75 Å². The van der Waals surface area contributed by atoms with Gasteiger partial charge in [0.05, 0.1) is 19.0 Å². The normalized spacial score (nSPS) is 11.6. The fraction of sp³-hybridized carbons (Fsp3) is 0.0833. The van der Waals surface area contributed by atoms with E-state index in [0.29, 0.717) is 16.6 Å². The number of benzene rings is 3. The highest BCUT2D eigenvalue weighted by Gasteiger charge is 2.05. The largest absolute Gasteiger partial charge is 0.508 e. The van der Waals surface area contributed by atoms with Gasteiger partial charge in [0.15, 0.2) is 5.11 Å². The van der Waals surface area contributed by atoms with Crippen LogP contribution in [0, 0.1) is 6.92 Å². The molecule has 0 spiro atoms. The Labute approximate surface area is 197 Å². The summed E-state index contributed by atoms with van der Waals surface area (Å²) < 4.78 is 5.31. The van der Waals surface area contributed by atoms with E-state index >= 15 is 0 Å². The Morgan fingerprint density at radius 2 is 1.79 bits per heavy atom. The second kappa shape index (κ2) is 11.4. The van der Waals surface area contributed by atoms with E-state index < -0.39 is 0 Å². The van der Waals surface area contributed by atoms with Crippen molar-refractivity contribution in [1.29, 1.82) is 0 Å². The summed E-state index contributed by atoms with van der Waals surface area (Å²) in [7, 11) is 1.63. The van der Waals surface area contributed by atoms with Gasteiger partial charge in [-0.05, 0) is 61.1 Å². The van der Waals surface area contributed by atoms with E-state index in [2.05, 4.69) is 25.8 Å². The SMILES string of the molecule is COc1cccc(NC(=S)N/N=C/c2ccc(C(N)=NC=Nc3ccc(O)cc3)cc2)c1C. The van der Waals surface area contributed by atoms with Crippen LogP contribution < -0.4 is 21.2 Å². The molecule has 9 heteroatoms. The van der Waals surface area contributed by atoms with Gasteiger partial charge < -0.3 is 20.9 Å². The number of nitrogens with zero attached hydrogens (tertiary/aromatic N) is 3. The van der Waals surface area contributed by atoms with Crippen LogP contribution in [0.4, 0.5) is 11.4 Å². The maximum absolute atomic E-state index is 9.28. The third kappa shape index (κ3) is 6.88. The molecule has 3 aromatic carbocycles. The number of phenolic OH excluding ortho intramolecular Hbond substituents is 1. The Morgan fingerprint density at radius 1 is 1.06 bits per heavy atom. The topological polar surface area (TPSA) is 117 Å². The summed E-state index contributed by atoms with van der Waals surface area (Å²) in [6, 6.07) is 19.6. The van der Waals surface area contributed by atoms with Gasteiger partial charge in [0, 0.05) is 16.8 Å². The smallest absolute Gasteiger partial charge is 0.191 e. The molecule has 0 aliphatic rings. The van der Waals surface area contributed by atoms with E-state index in [9.17, 15) is 5.11 Å². The maximum atomic E-state index is 9.28. The fourth-order valence-electron chi connectivity index (χ4n) is 2.80. The number of hydrogen-bond donors (Lipinski definition) is 4. The molecule has 0 heterocycles. The number of aromatic hydroxyl groups is 1. The van der Waals surface area contributed by atoms with Crippen LogP contribution in [0.2, 0.25) is 0 Å². The van der Waals surface area contributed by atoms with E-state index in [1.807, 2.05) is 49.4 Å². The fourth-order valence-corrected chi connectivity index (χ4v) is 2.96. The number of amidine groups is 1.